The fraction of sp³-hybridized carbons (Fsp3) is 0.188. The van der Waals surface area contributed by atoms with Gasteiger partial charge in [-0.2, -0.15) is 18.4 Å². The monoisotopic (exact) mass is 290 g/mol. The molecule has 0 bridgehead atoms. The number of nitrogens with zero attached hydrogens (tertiary/aromatic N) is 1. The van der Waals surface area contributed by atoms with Crippen molar-refractivity contribution < 1.29 is 13.2 Å². The van der Waals surface area contributed by atoms with E-state index in [0.717, 1.165) is 23.4 Å². The van der Waals surface area contributed by atoms with Crippen LogP contribution >= 0.6 is 0 Å². The predicted molar refractivity (Wildman–Crippen MR) is 74.7 cm³/mol. The molecule has 0 spiro atoms. The van der Waals surface area contributed by atoms with Crippen molar-refractivity contribution in [1.29, 1.82) is 5.26 Å². The predicted octanol–water partition coefficient (Wildman–Crippen LogP) is 4.50. The Labute approximate surface area is 120 Å². The first-order valence-electron chi connectivity index (χ1n) is 6.31. The lowest BCUT2D eigenvalue weighted by atomic mass is 10.1. The van der Waals surface area contributed by atoms with Crippen LogP contribution in [0.25, 0.3) is 0 Å². The average molecular weight is 290 g/mol. The van der Waals surface area contributed by atoms with Gasteiger partial charge < -0.3 is 5.32 Å². The zero-order valence-electron chi connectivity index (χ0n) is 11.3. The summed E-state index contributed by atoms with van der Waals surface area (Å²) in [6.45, 7) is 2.13. The van der Waals surface area contributed by atoms with Gasteiger partial charge in [-0.15, -0.1) is 0 Å². The highest BCUT2D eigenvalue weighted by atomic mass is 19.4. The Morgan fingerprint density at radius 1 is 1.14 bits per heavy atom. The Hall–Kier alpha value is -2.48. The van der Waals surface area contributed by atoms with Crippen LogP contribution in [0.4, 0.5) is 18.9 Å². The number of aryl methyl sites for hydroxylation is 1. The summed E-state index contributed by atoms with van der Waals surface area (Å²) in [7, 11) is 0. The van der Waals surface area contributed by atoms with Crippen molar-refractivity contribution in [3.63, 3.8) is 0 Å². The maximum atomic E-state index is 12.6. The van der Waals surface area contributed by atoms with Gasteiger partial charge in [-0.25, -0.2) is 0 Å². The minimum absolute atomic E-state index is 0.264. The van der Waals surface area contributed by atoms with E-state index >= 15 is 0 Å². The fourth-order valence-corrected chi connectivity index (χ4v) is 1.94. The summed E-state index contributed by atoms with van der Waals surface area (Å²) in [5.74, 6) is 0. The molecule has 0 amide bonds. The number of benzene rings is 2. The van der Waals surface area contributed by atoms with Crippen molar-refractivity contribution in [2.75, 3.05) is 5.32 Å². The Balaban J connectivity index is 2.16. The Kier molecular flexibility index (Phi) is 4.18. The van der Waals surface area contributed by atoms with E-state index in [9.17, 15) is 13.2 Å². The summed E-state index contributed by atoms with van der Waals surface area (Å²) in [6, 6.07) is 12.4. The van der Waals surface area contributed by atoms with Gasteiger partial charge in [0.2, 0.25) is 0 Å². The Bertz CT molecular complexity index is 685. The quantitative estimate of drug-likeness (QED) is 0.903. The molecule has 0 fully saturated rings. The molecule has 2 nitrogen and oxygen atoms in total. The van der Waals surface area contributed by atoms with Crippen molar-refractivity contribution in [3.05, 3.63) is 64.7 Å². The van der Waals surface area contributed by atoms with E-state index in [4.69, 9.17) is 5.26 Å². The second kappa shape index (κ2) is 5.88. The second-order valence-corrected chi connectivity index (χ2v) is 4.69. The number of hydrogen-bond donors (Lipinski definition) is 1. The number of rotatable bonds is 3. The van der Waals surface area contributed by atoms with Crippen LogP contribution in [0.3, 0.4) is 0 Å². The van der Waals surface area contributed by atoms with E-state index in [0.29, 0.717) is 11.1 Å². The Morgan fingerprint density at radius 2 is 1.90 bits per heavy atom. The third kappa shape index (κ3) is 3.76. The van der Waals surface area contributed by atoms with Crippen LogP contribution in [0, 0.1) is 18.3 Å². The summed E-state index contributed by atoms with van der Waals surface area (Å²) in [4.78, 5) is 0. The van der Waals surface area contributed by atoms with E-state index in [1.165, 1.54) is 6.07 Å². The number of nitrogens with one attached hydrogen (secondary N) is 1. The SMILES string of the molecule is Cc1ccc(C#N)cc1NCc1cccc(C(F)(F)F)c1. The average Bonchev–Trinajstić information content (AvgIpc) is 2.46. The van der Waals surface area contributed by atoms with Gasteiger partial charge in [-0.3, -0.25) is 0 Å². The largest absolute Gasteiger partial charge is 0.416 e. The van der Waals surface area contributed by atoms with Crippen LogP contribution in [-0.2, 0) is 12.7 Å². The molecule has 2 aromatic carbocycles. The molecule has 5 heteroatoms. The van der Waals surface area contributed by atoms with Gasteiger partial charge in [0.05, 0.1) is 17.2 Å². The lowest BCUT2D eigenvalue weighted by Gasteiger charge is -2.12. The molecule has 2 rings (SSSR count). The van der Waals surface area contributed by atoms with Crippen LogP contribution in [0.2, 0.25) is 0 Å². The maximum Gasteiger partial charge on any atom is 0.416 e. The molecule has 0 saturated carbocycles. The molecule has 0 unspecified atom stereocenters. The standard InChI is InChI=1S/C16H13F3N2/c1-11-5-6-12(9-20)8-15(11)21-10-13-3-2-4-14(7-13)16(17,18)19/h2-8,21H,10H2,1H3. The highest BCUT2D eigenvalue weighted by Crippen LogP contribution is 2.29. The van der Waals surface area contributed by atoms with Crippen LogP contribution in [0.15, 0.2) is 42.5 Å². The normalized spacial score (nSPS) is 11.0. The van der Waals surface area contributed by atoms with Gasteiger partial charge in [0.25, 0.3) is 0 Å². The van der Waals surface area contributed by atoms with Gasteiger partial charge in [0.1, 0.15) is 0 Å². The molecule has 0 aliphatic heterocycles. The molecular formula is C16H13F3N2. The van der Waals surface area contributed by atoms with Gasteiger partial charge in [-0.05, 0) is 42.3 Å². The minimum atomic E-state index is -4.34. The third-order valence-electron chi connectivity index (χ3n) is 3.10. The summed E-state index contributed by atoms with van der Waals surface area (Å²) >= 11 is 0. The van der Waals surface area contributed by atoms with E-state index in [2.05, 4.69) is 5.32 Å². The summed E-state index contributed by atoms with van der Waals surface area (Å²) < 4.78 is 37.9. The van der Waals surface area contributed by atoms with E-state index in [-0.39, 0.29) is 6.54 Å². The van der Waals surface area contributed by atoms with Crippen molar-refractivity contribution in [2.24, 2.45) is 0 Å². The first-order chi connectivity index (χ1) is 9.90. The summed E-state index contributed by atoms with van der Waals surface area (Å²) in [6.07, 6.45) is -4.34. The summed E-state index contributed by atoms with van der Waals surface area (Å²) in [5, 5.41) is 11.9. The molecule has 0 heterocycles. The molecule has 21 heavy (non-hydrogen) atoms. The van der Waals surface area contributed by atoms with Crippen molar-refractivity contribution >= 4 is 5.69 Å². The zero-order chi connectivity index (χ0) is 15.5. The number of halogens is 3. The van der Waals surface area contributed by atoms with Crippen molar-refractivity contribution in [2.45, 2.75) is 19.6 Å². The molecule has 0 saturated heterocycles. The Morgan fingerprint density at radius 3 is 2.57 bits per heavy atom. The minimum Gasteiger partial charge on any atom is -0.381 e. The van der Waals surface area contributed by atoms with E-state index < -0.39 is 11.7 Å². The molecule has 0 aliphatic carbocycles. The van der Waals surface area contributed by atoms with Crippen molar-refractivity contribution in [3.8, 4) is 6.07 Å². The number of alkyl halides is 3. The topological polar surface area (TPSA) is 35.8 Å². The highest BCUT2D eigenvalue weighted by molar-refractivity contribution is 5.55. The van der Waals surface area contributed by atoms with Crippen LogP contribution in [0.5, 0.6) is 0 Å². The first kappa shape index (κ1) is 14.9. The lowest BCUT2D eigenvalue weighted by Crippen LogP contribution is -2.07. The second-order valence-electron chi connectivity index (χ2n) is 4.69. The first-order valence-corrected chi connectivity index (χ1v) is 6.31. The molecule has 1 N–H and O–H groups in total. The smallest absolute Gasteiger partial charge is 0.381 e. The van der Waals surface area contributed by atoms with Crippen LogP contribution in [0.1, 0.15) is 22.3 Å². The van der Waals surface area contributed by atoms with Gasteiger partial charge in [-0.1, -0.05) is 18.2 Å². The number of hydrogen-bond acceptors (Lipinski definition) is 2. The third-order valence-corrected chi connectivity index (χ3v) is 3.10. The number of nitriles is 1. The van der Waals surface area contributed by atoms with Crippen LogP contribution in [-0.4, -0.2) is 0 Å². The lowest BCUT2D eigenvalue weighted by molar-refractivity contribution is -0.137. The van der Waals surface area contributed by atoms with E-state index in [1.54, 1.807) is 24.3 Å². The molecule has 0 aromatic heterocycles. The maximum absolute atomic E-state index is 12.6. The van der Waals surface area contributed by atoms with Gasteiger partial charge >= 0.3 is 6.18 Å². The molecule has 0 radical (unpaired) electrons. The molecule has 0 atom stereocenters. The molecule has 2 aromatic rings. The van der Waals surface area contributed by atoms with Gasteiger partial charge in [0.15, 0.2) is 0 Å². The number of anilines is 1. The highest BCUT2D eigenvalue weighted by Gasteiger charge is 2.30. The van der Waals surface area contributed by atoms with E-state index in [1.807, 2.05) is 13.0 Å². The fourth-order valence-electron chi connectivity index (χ4n) is 1.94. The molecule has 108 valence electrons. The molecular weight excluding hydrogens is 277 g/mol. The summed E-state index contributed by atoms with van der Waals surface area (Å²) in [5.41, 5.74) is 2.05. The van der Waals surface area contributed by atoms with Crippen LogP contribution < -0.4 is 5.32 Å². The molecule has 0 aliphatic rings. The van der Waals surface area contributed by atoms with Crippen molar-refractivity contribution in [1.82, 2.24) is 0 Å². The zero-order valence-corrected chi connectivity index (χ0v) is 11.3. The van der Waals surface area contributed by atoms with Gasteiger partial charge in [0, 0.05) is 12.2 Å².